The summed E-state index contributed by atoms with van der Waals surface area (Å²) in [7, 11) is 0. The van der Waals surface area contributed by atoms with Crippen LogP contribution in [0.1, 0.15) is 5.56 Å². The molecule has 17 heavy (non-hydrogen) atoms. The van der Waals surface area contributed by atoms with Gasteiger partial charge in [-0.15, -0.1) is 0 Å². The van der Waals surface area contributed by atoms with Crippen molar-refractivity contribution in [2.24, 2.45) is 5.41 Å². The van der Waals surface area contributed by atoms with Gasteiger partial charge in [0.2, 0.25) is 0 Å². The van der Waals surface area contributed by atoms with Crippen LogP contribution in [0.15, 0.2) is 18.2 Å². The van der Waals surface area contributed by atoms with E-state index in [1.54, 1.807) is 0 Å². The Morgan fingerprint density at radius 3 is 2.65 bits per heavy atom. The first-order chi connectivity index (χ1) is 8.15. The van der Waals surface area contributed by atoms with Crippen LogP contribution >= 0.6 is 0 Å². The molecule has 1 aliphatic heterocycles. The lowest BCUT2D eigenvalue weighted by molar-refractivity contribution is -0.0755. The van der Waals surface area contributed by atoms with Crippen molar-refractivity contribution < 1.29 is 13.5 Å². The Morgan fingerprint density at radius 1 is 1.35 bits per heavy atom. The summed E-state index contributed by atoms with van der Waals surface area (Å²) < 4.78 is 30.6. The first-order valence-corrected chi connectivity index (χ1v) is 5.29. The van der Waals surface area contributed by atoms with Crippen molar-refractivity contribution in [3.63, 3.8) is 0 Å². The van der Waals surface area contributed by atoms with E-state index in [0.29, 0.717) is 31.9 Å². The summed E-state index contributed by atoms with van der Waals surface area (Å²) in [5.41, 5.74) is 0.190. The number of halogens is 2. The van der Waals surface area contributed by atoms with E-state index in [4.69, 9.17) is 10.00 Å². The smallest absolute Gasteiger partial charge is 0.159 e. The van der Waals surface area contributed by atoms with Gasteiger partial charge in [-0.2, -0.15) is 5.26 Å². The van der Waals surface area contributed by atoms with E-state index in [0.717, 1.165) is 12.1 Å². The van der Waals surface area contributed by atoms with E-state index in [1.807, 2.05) is 0 Å². The third kappa shape index (κ3) is 2.60. The summed E-state index contributed by atoms with van der Waals surface area (Å²) in [6, 6.07) is 5.96. The average Bonchev–Trinajstić information content (AvgIpc) is 2.27. The van der Waals surface area contributed by atoms with E-state index in [2.05, 4.69) is 11.4 Å². The van der Waals surface area contributed by atoms with E-state index in [1.165, 1.54) is 6.07 Å². The molecule has 3 nitrogen and oxygen atoms in total. The number of hydrogen-bond donors (Lipinski definition) is 1. The predicted molar refractivity (Wildman–Crippen MR) is 56.9 cm³/mol. The Morgan fingerprint density at radius 2 is 2.12 bits per heavy atom. The summed E-state index contributed by atoms with van der Waals surface area (Å²) in [6.07, 6.45) is 0. The Hall–Kier alpha value is -1.51. The molecular weight excluding hydrogens is 226 g/mol. The van der Waals surface area contributed by atoms with Gasteiger partial charge in [-0.3, -0.25) is 0 Å². The van der Waals surface area contributed by atoms with Crippen LogP contribution in [0.4, 0.5) is 8.78 Å². The molecular formula is C12H12F2N2O. The molecule has 0 bridgehead atoms. The number of nitriles is 1. The lowest BCUT2D eigenvalue weighted by atomic mass is 9.88. The van der Waals surface area contributed by atoms with Crippen molar-refractivity contribution >= 4 is 0 Å². The highest BCUT2D eigenvalue weighted by Gasteiger charge is 2.38. The van der Waals surface area contributed by atoms with Crippen molar-refractivity contribution in [2.75, 3.05) is 19.8 Å². The van der Waals surface area contributed by atoms with E-state index >= 15 is 0 Å². The van der Waals surface area contributed by atoms with Gasteiger partial charge < -0.3 is 10.1 Å². The highest BCUT2D eigenvalue weighted by molar-refractivity contribution is 5.17. The molecule has 0 radical (unpaired) electrons. The van der Waals surface area contributed by atoms with Crippen LogP contribution in [-0.2, 0) is 11.3 Å². The number of rotatable bonds is 4. The Kier molecular flexibility index (Phi) is 3.36. The third-order valence-electron chi connectivity index (χ3n) is 2.77. The van der Waals surface area contributed by atoms with E-state index in [9.17, 15) is 8.78 Å². The second kappa shape index (κ2) is 4.78. The summed E-state index contributed by atoms with van der Waals surface area (Å²) in [5.74, 6) is -1.71. The molecule has 1 N–H and O–H groups in total. The quantitative estimate of drug-likeness (QED) is 0.866. The second-order valence-corrected chi connectivity index (χ2v) is 4.24. The van der Waals surface area contributed by atoms with Gasteiger partial charge in [0.05, 0.1) is 19.3 Å². The van der Waals surface area contributed by atoms with Crippen LogP contribution in [0.2, 0.25) is 0 Å². The average molecular weight is 238 g/mol. The summed E-state index contributed by atoms with van der Waals surface area (Å²) in [5, 5.41) is 12.0. The first-order valence-electron chi connectivity index (χ1n) is 5.29. The molecule has 1 fully saturated rings. The summed E-state index contributed by atoms with van der Waals surface area (Å²) in [6.45, 7) is 1.74. The van der Waals surface area contributed by atoms with Crippen LogP contribution in [0.5, 0.6) is 0 Å². The molecule has 1 aromatic rings. The third-order valence-corrected chi connectivity index (χ3v) is 2.77. The lowest BCUT2D eigenvalue weighted by Crippen LogP contribution is -2.48. The molecule has 0 amide bonds. The molecule has 0 saturated carbocycles. The number of nitrogens with one attached hydrogen (secondary N) is 1. The number of hydrogen-bond acceptors (Lipinski definition) is 3. The van der Waals surface area contributed by atoms with Gasteiger partial charge in [0.25, 0.3) is 0 Å². The molecule has 1 aliphatic rings. The predicted octanol–water partition coefficient (Wildman–Crippen LogP) is 1.59. The zero-order valence-corrected chi connectivity index (χ0v) is 9.17. The monoisotopic (exact) mass is 238 g/mol. The van der Waals surface area contributed by atoms with Gasteiger partial charge in [0, 0.05) is 13.1 Å². The van der Waals surface area contributed by atoms with Crippen molar-refractivity contribution in [3.05, 3.63) is 35.4 Å². The molecule has 0 spiro atoms. The highest BCUT2D eigenvalue weighted by atomic mass is 19.2. The standard InChI is InChI=1S/C12H12F2N2O/c13-10-2-1-9(3-11(10)14)4-16-6-12(5-15)7-17-8-12/h1-3,16H,4,6-8H2. The second-order valence-electron chi connectivity index (χ2n) is 4.24. The zero-order valence-electron chi connectivity index (χ0n) is 9.17. The van der Waals surface area contributed by atoms with Gasteiger partial charge in [0.1, 0.15) is 5.41 Å². The molecule has 1 saturated heterocycles. The van der Waals surface area contributed by atoms with Gasteiger partial charge in [-0.1, -0.05) is 6.07 Å². The maximum atomic E-state index is 12.9. The normalized spacial score (nSPS) is 17.2. The van der Waals surface area contributed by atoms with Crippen LogP contribution < -0.4 is 5.32 Å². The molecule has 2 rings (SSSR count). The molecule has 1 heterocycles. The zero-order chi connectivity index (χ0) is 12.3. The lowest BCUT2D eigenvalue weighted by Gasteiger charge is -2.35. The van der Waals surface area contributed by atoms with Crippen LogP contribution in [-0.4, -0.2) is 19.8 Å². The van der Waals surface area contributed by atoms with Crippen molar-refractivity contribution in [1.29, 1.82) is 5.26 Å². The number of ether oxygens (including phenoxy) is 1. The minimum absolute atomic E-state index is 0.403. The summed E-state index contributed by atoms with van der Waals surface area (Å²) >= 11 is 0. The van der Waals surface area contributed by atoms with Crippen LogP contribution in [0.25, 0.3) is 0 Å². The van der Waals surface area contributed by atoms with E-state index in [-0.39, 0.29) is 0 Å². The van der Waals surface area contributed by atoms with Gasteiger partial charge in [0.15, 0.2) is 11.6 Å². The van der Waals surface area contributed by atoms with Crippen molar-refractivity contribution in [1.82, 2.24) is 5.32 Å². The maximum absolute atomic E-state index is 12.9. The Balaban J connectivity index is 1.86. The summed E-state index contributed by atoms with van der Waals surface area (Å²) in [4.78, 5) is 0. The SMILES string of the molecule is N#CC1(CNCc2ccc(F)c(F)c2)COC1. The Bertz CT molecular complexity index is 452. The van der Waals surface area contributed by atoms with Crippen molar-refractivity contribution in [2.45, 2.75) is 6.54 Å². The molecule has 0 aliphatic carbocycles. The largest absolute Gasteiger partial charge is 0.378 e. The fourth-order valence-electron chi connectivity index (χ4n) is 1.65. The minimum Gasteiger partial charge on any atom is -0.378 e. The molecule has 90 valence electrons. The van der Waals surface area contributed by atoms with Crippen LogP contribution in [0, 0.1) is 28.4 Å². The van der Waals surface area contributed by atoms with Gasteiger partial charge >= 0.3 is 0 Å². The minimum atomic E-state index is -0.855. The number of benzene rings is 1. The molecule has 1 aromatic carbocycles. The number of nitrogens with zero attached hydrogens (tertiary/aromatic N) is 1. The molecule has 0 atom stereocenters. The molecule has 0 unspecified atom stereocenters. The van der Waals surface area contributed by atoms with Gasteiger partial charge in [-0.05, 0) is 17.7 Å². The van der Waals surface area contributed by atoms with Crippen LogP contribution in [0.3, 0.4) is 0 Å². The fraction of sp³-hybridized carbons (Fsp3) is 0.417. The molecule has 5 heteroatoms. The van der Waals surface area contributed by atoms with E-state index < -0.39 is 17.0 Å². The Labute approximate surface area is 98.0 Å². The first kappa shape index (κ1) is 12.0. The van der Waals surface area contributed by atoms with Crippen molar-refractivity contribution in [3.8, 4) is 6.07 Å². The highest BCUT2D eigenvalue weighted by Crippen LogP contribution is 2.25. The van der Waals surface area contributed by atoms with Gasteiger partial charge in [-0.25, -0.2) is 8.78 Å². The molecule has 0 aromatic heterocycles. The maximum Gasteiger partial charge on any atom is 0.159 e. The fourth-order valence-corrected chi connectivity index (χ4v) is 1.65. The topological polar surface area (TPSA) is 45.0 Å².